The molecule has 6 heteroatoms. The van der Waals surface area contributed by atoms with Crippen LogP contribution < -0.4 is 10.6 Å². The van der Waals surface area contributed by atoms with Gasteiger partial charge >= 0.3 is 0 Å². The van der Waals surface area contributed by atoms with Crippen LogP contribution in [0.15, 0.2) is 23.2 Å². The summed E-state index contributed by atoms with van der Waals surface area (Å²) in [5.74, 6) is -0.0343. The van der Waals surface area contributed by atoms with E-state index in [4.69, 9.17) is 0 Å². The summed E-state index contributed by atoms with van der Waals surface area (Å²) in [6.07, 6.45) is 5.15. The number of benzene rings is 1. The van der Waals surface area contributed by atoms with Crippen LogP contribution in [0.5, 0.6) is 0 Å². The fraction of sp³-hybridized carbons (Fsp3) is 0.562. The molecule has 1 aromatic carbocycles. The molecule has 2 rings (SSSR count). The standard InChI is InChI=1S/C16H23F2N3.HI/c1-11(13-7-8-14(17)15(18)10-13)21-16(19-2)20-9-3-4-12-5-6-12;/h7-8,10-12H,3-6,9H2,1-2H3,(H2,19,20,21);1H. The van der Waals surface area contributed by atoms with Gasteiger partial charge < -0.3 is 10.6 Å². The second-order valence-electron chi connectivity index (χ2n) is 5.62. The van der Waals surface area contributed by atoms with Gasteiger partial charge in [-0.1, -0.05) is 18.9 Å². The van der Waals surface area contributed by atoms with E-state index in [-0.39, 0.29) is 30.0 Å². The maximum absolute atomic E-state index is 13.2. The number of halogens is 3. The lowest BCUT2D eigenvalue weighted by Crippen LogP contribution is -2.39. The molecule has 0 bridgehead atoms. The largest absolute Gasteiger partial charge is 0.356 e. The van der Waals surface area contributed by atoms with Crippen LogP contribution in [0, 0.1) is 17.6 Å². The number of aliphatic imine (C=N–C) groups is 1. The first-order valence-electron chi connectivity index (χ1n) is 7.52. The smallest absolute Gasteiger partial charge is 0.191 e. The molecule has 1 aliphatic carbocycles. The van der Waals surface area contributed by atoms with Crippen LogP contribution >= 0.6 is 24.0 Å². The van der Waals surface area contributed by atoms with Crippen molar-refractivity contribution in [2.75, 3.05) is 13.6 Å². The van der Waals surface area contributed by atoms with E-state index < -0.39 is 11.6 Å². The summed E-state index contributed by atoms with van der Waals surface area (Å²) in [7, 11) is 1.70. The van der Waals surface area contributed by atoms with Gasteiger partial charge in [-0.05, 0) is 43.4 Å². The molecule has 1 aliphatic rings. The van der Waals surface area contributed by atoms with Crippen LogP contribution in [-0.4, -0.2) is 19.6 Å². The molecule has 2 N–H and O–H groups in total. The van der Waals surface area contributed by atoms with Crippen LogP contribution in [0.1, 0.15) is 44.2 Å². The van der Waals surface area contributed by atoms with Gasteiger partial charge in [0, 0.05) is 13.6 Å². The number of hydrogen-bond donors (Lipinski definition) is 2. The highest BCUT2D eigenvalue weighted by Crippen LogP contribution is 2.33. The van der Waals surface area contributed by atoms with Gasteiger partial charge in [0.1, 0.15) is 0 Å². The van der Waals surface area contributed by atoms with E-state index in [9.17, 15) is 8.78 Å². The van der Waals surface area contributed by atoms with Gasteiger partial charge in [-0.15, -0.1) is 24.0 Å². The van der Waals surface area contributed by atoms with Gasteiger partial charge in [-0.2, -0.15) is 0 Å². The Morgan fingerprint density at radius 1 is 1.32 bits per heavy atom. The molecule has 0 amide bonds. The molecule has 1 aromatic rings. The fourth-order valence-corrected chi connectivity index (χ4v) is 2.27. The highest BCUT2D eigenvalue weighted by Gasteiger charge is 2.20. The van der Waals surface area contributed by atoms with Gasteiger partial charge in [0.2, 0.25) is 0 Å². The number of guanidine groups is 1. The summed E-state index contributed by atoms with van der Waals surface area (Å²) in [4.78, 5) is 4.15. The Morgan fingerprint density at radius 2 is 2.05 bits per heavy atom. The van der Waals surface area contributed by atoms with Crippen molar-refractivity contribution in [3.8, 4) is 0 Å². The molecule has 0 radical (unpaired) electrons. The summed E-state index contributed by atoms with van der Waals surface area (Å²) < 4.78 is 26.2. The average molecular weight is 423 g/mol. The van der Waals surface area contributed by atoms with Gasteiger partial charge in [0.05, 0.1) is 6.04 Å². The lowest BCUT2D eigenvalue weighted by molar-refractivity contribution is 0.504. The molecule has 0 saturated heterocycles. The van der Waals surface area contributed by atoms with E-state index in [0.717, 1.165) is 24.9 Å². The molecule has 0 aliphatic heterocycles. The van der Waals surface area contributed by atoms with E-state index in [1.54, 1.807) is 13.1 Å². The lowest BCUT2D eigenvalue weighted by Gasteiger charge is -2.18. The Morgan fingerprint density at radius 3 is 2.64 bits per heavy atom. The quantitative estimate of drug-likeness (QED) is 0.314. The number of nitrogens with one attached hydrogen (secondary N) is 2. The van der Waals surface area contributed by atoms with E-state index >= 15 is 0 Å². The Balaban J connectivity index is 0.00000242. The van der Waals surface area contributed by atoms with Gasteiger partial charge in [-0.3, -0.25) is 4.99 Å². The van der Waals surface area contributed by atoms with Crippen LogP contribution in [-0.2, 0) is 0 Å². The van der Waals surface area contributed by atoms with E-state index in [1.165, 1.54) is 25.3 Å². The second-order valence-corrected chi connectivity index (χ2v) is 5.62. The first-order valence-corrected chi connectivity index (χ1v) is 7.52. The van der Waals surface area contributed by atoms with Crippen molar-refractivity contribution in [2.24, 2.45) is 10.9 Å². The zero-order valence-corrected chi connectivity index (χ0v) is 15.4. The van der Waals surface area contributed by atoms with Crippen LogP contribution in [0.2, 0.25) is 0 Å². The third-order valence-electron chi connectivity index (χ3n) is 3.80. The molecular weight excluding hydrogens is 399 g/mol. The molecule has 0 aromatic heterocycles. The lowest BCUT2D eigenvalue weighted by atomic mass is 10.1. The van der Waals surface area contributed by atoms with Crippen molar-refractivity contribution in [1.29, 1.82) is 0 Å². The van der Waals surface area contributed by atoms with Crippen LogP contribution in [0.3, 0.4) is 0 Å². The van der Waals surface area contributed by atoms with Crippen molar-refractivity contribution in [2.45, 2.75) is 38.6 Å². The summed E-state index contributed by atoms with van der Waals surface area (Å²) in [6, 6.07) is 3.80. The molecule has 22 heavy (non-hydrogen) atoms. The van der Waals surface area contributed by atoms with E-state index in [2.05, 4.69) is 15.6 Å². The fourth-order valence-electron chi connectivity index (χ4n) is 2.27. The molecular formula is C16H24F2IN3. The maximum atomic E-state index is 13.2. The van der Waals surface area contributed by atoms with Crippen LogP contribution in [0.4, 0.5) is 8.78 Å². The molecule has 124 valence electrons. The minimum Gasteiger partial charge on any atom is -0.356 e. The van der Waals surface area contributed by atoms with Gasteiger partial charge in [0.25, 0.3) is 0 Å². The van der Waals surface area contributed by atoms with Crippen molar-refractivity contribution in [3.05, 3.63) is 35.4 Å². The summed E-state index contributed by atoms with van der Waals surface area (Å²) in [5, 5.41) is 6.43. The molecule has 1 fully saturated rings. The zero-order valence-electron chi connectivity index (χ0n) is 13.0. The molecule has 1 saturated carbocycles. The van der Waals surface area contributed by atoms with Gasteiger partial charge in [0.15, 0.2) is 17.6 Å². The van der Waals surface area contributed by atoms with E-state index in [1.807, 2.05) is 6.92 Å². The Hall–Kier alpha value is -0.920. The Kier molecular flexibility index (Phi) is 8.06. The predicted octanol–water partition coefficient (Wildman–Crippen LogP) is 4.00. The summed E-state index contributed by atoms with van der Waals surface area (Å²) in [6.45, 7) is 2.77. The first-order chi connectivity index (χ1) is 10.1. The third kappa shape index (κ3) is 6.06. The molecule has 0 spiro atoms. The van der Waals surface area contributed by atoms with Crippen molar-refractivity contribution in [1.82, 2.24) is 10.6 Å². The minimum absolute atomic E-state index is 0. The number of rotatable bonds is 6. The first kappa shape index (κ1) is 19.1. The topological polar surface area (TPSA) is 36.4 Å². The van der Waals surface area contributed by atoms with Crippen LogP contribution in [0.25, 0.3) is 0 Å². The summed E-state index contributed by atoms with van der Waals surface area (Å²) in [5.41, 5.74) is 0.690. The SMILES string of the molecule is CN=C(NCCCC1CC1)NC(C)c1ccc(F)c(F)c1.I. The Bertz CT molecular complexity index is 504. The molecule has 1 unspecified atom stereocenters. The second kappa shape index (κ2) is 9.27. The Labute approximate surface area is 148 Å². The molecule has 3 nitrogen and oxygen atoms in total. The third-order valence-corrected chi connectivity index (χ3v) is 3.80. The molecule has 1 atom stereocenters. The van der Waals surface area contributed by atoms with Gasteiger partial charge in [-0.25, -0.2) is 8.78 Å². The maximum Gasteiger partial charge on any atom is 0.191 e. The van der Waals surface area contributed by atoms with Crippen molar-refractivity contribution >= 4 is 29.9 Å². The van der Waals surface area contributed by atoms with Crippen molar-refractivity contribution < 1.29 is 8.78 Å². The highest BCUT2D eigenvalue weighted by atomic mass is 127. The average Bonchev–Trinajstić information content (AvgIpc) is 3.29. The molecule has 0 heterocycles. The summed E-state index contributed by atoms with van der Waals surface area (Å²) >= 11 is 0. The van der Waals surface area contributed by atoms with E-state index in [0.29, 0.717) is 11.5 Å². The van der Waals surface area contributed by atoms with Crippen molar-refractivity contribution in [3.63, 3.8) is 0 Å². The zero-order chi connectivity index (χ0) is 15.2. The number of nitrogens with zero attached hydrogens (tertiary/aromatic N) is 1. The normalized spacial score (nSPS) is 15.9. The monoisotopic (exact) mass is 423 g/mol. The number of hydrogen-bond acceptors (Lipinski definition) is 1. The predicted molar refractivity (Wildman–Crippen MR) is 96.6 cm³/mol. The minimum atomic E-state index is -0.825. The highest BCUT2D eigenvalue weighted by molar-refractivity contribution is 14.0.